The molecule has 0 fully saturated rings. The Labute approximate surface area is 142 Å². The molecule has 0 unspecified atom stereocenters. The second kappa shape index (κ2) is 7.18. The molecular formula is C17H12N4O4. The first-order chi connectivity index (χ1) is 12.1. The van der Waals surface area contributed by atoms with Crippen molar-refractivity contribution < 1.29 is 14.1 Å². The molecule has 0 saturated heterocycles. The number of hydrazone groups is 1. The number of carbonyl (C=O) groups is 1. The number of nitro benzene ring substituents is 1. The van der Waals surface area contributed by atoms with Crippen LogP contribution in [0, 0.1) is 10.1 Å². The lowest BCUT2D eigenvalue weighted by molar-refractivity contribution is -0.384. The van der Waals surface area contributed by atoms with Gasteiger partial charge in [0, 0.05) is 24.0 Å². The van der Waals surface area contributed by atoms with E-state index in [1.807, 2.05) is 0 Å². The molecule has 1 amide bonds. The molecule has 8 nitrogen and oxygen atoms in total. The number of aromatic nitrogens is 1. The monoisotopic (exact) mass is 336 g/mol. The van der Waals surface area contributed by atoms with Crippen molar-refractivity contribution in [3.05, 3.63) is 82.4 Å². The topological polar surface area (TPSA) is 111 Å². The lowest BCUT2D eigenvalue weighted by Gasteiger charge is -1.99. The highest BCUT2D eigenvalue weighted by Crippen LogP contribution is 2.30. The van der Waals surface area contributed by atoms with E-state index in [-0.39, 0.29) is 11.6 Å². The molecular weight excluding hydrogens is 324 g/mol. The molecule has 1 aromatic carbocycles. The summed E-state index contributed by atoms with van der Waals surface area (Å²) in [6.45, 7) is 0. The van der Waals surface area contributed by atoms with E-state index in [1.165, 1.54) is 24.7 Å². The Bertz CT molecular complexity index is 935. The standard InChI is InChI=1S/C17H12N4O4/c22-17(12-7-9-18-10-8-12)20-19-11-13-5-6-16(25-13)14-3-1-2-4-15(14)21(23)24/h1-11H,(H,20,22)/b19-11+. The zero-order valence-electron chi connectivity index (χ0n) is 12.8. The normalized spacial score (nSPS) is 10.7. The van der Waals surface area contributed by atoms with E-state index < -0.39 is 4.92 Å². The third-order valence-corrected chi connectivity index (χ3v) is 3.29. The van der Waals surface area contributed by atoms with Gasteiger partial charge in [-0.3, -0.25) is 19.9 Å². The van der Waals surface area contributed by atoms with Gasteiger partial charge in [-0.05, 0) is 30.3 Å². The van der Waals surface area contributed by atoms with Crippen LogP contribution in [0.1, 0.15) is 16.1 Å². The molecule has 0 aliphatic carbocycles. The third-order valence-electron chi connectivity index (χ3n) is 3.29. The second-order valence-corrected chi connectivity index (χ2v) is 4.91. The fraction of sp³-hybridized carbons (Fsp3) is 0. The average Bonchev–Trinajstić information content (AvgIpc) is 3.11. The van der Waals surface area contributed by atoms with Crippen molar-refractivity contribution in [2.45, 2.75) is 0 Å². The largest absolute Gasteiger partial charge is 0.455 e. The van der Waals surface area contributed by atoms with Gasteiger partial charge < -0.3 is 4.42 Å². The fourth-order valence-corrected chi connectivity index (χ4v) is 2.13. The van der Waals surface area contributed by atoms with Gasteiger partial charge in [0.05, 0.1) is 16.7 Å². The van der Waals surface area contributed by atoms with Crippen LogP contribution >= 0.6 is 0 Å². The van der Waals surface area contributed by atoms with Crippen LogP contribution < -0.4 is 5.43 Å². The van der Waals surface area contributed by atoms with Gasteiger partial charge in [-0.25, -0.2) is 5.43 Å². The minimum atomic E-state index is -0.472. The average molecular weight is 336 g/mol. The molecule has 2 aromatic heterocycles. The molecule has 8 heteroatoms. The van der Waals surface area contributed by atoms with E-state index >= 15 is 0 Å². The maximum atomic E-state index is 11.8. The predicted molar refractivity (Wildman–Crippen MR) is 90.1 cm³/mol. The molecule has 3 aromatic rings. The van der Waals surface area contributed by atoms with Crippen LogP contribution in [-0.4, -0.2) is 22.0 Å². The highest BCUT2D eigenvalue weighted by Gasteiger charge is 2.16. The van der Waals surface area contributed by atoms with Gasteiger partial charge in [0.15, 0.2) is 0 Å². The van der Waals surface area contributed by atoms with Crippen LogP contribution in [0.2, 0.25) is 0 Å². The number of benzene rings is 1. The molecule has 25 heavy (non-hydrogen) atoms. The highest BCUT2D eigenvalue weighted by molar-refractivity contribution is 5.94. The SMILES string of the molecule is O=C(N/N=C/c1ccc(-c2ccccc2[N+](=O)[O-])o1)c1ccncc1. The summed E-state index contributed by atoms with van der Waals surface area (Å²) in [5.74, 6) is 0.307. The van der Waals surface area contributed by atoms with Crippen molar-refractivity contribution in [3.63, 3.8) is 0 Å². The number of rotatable bonds is 5. The zero-order chi connectivity index (χ0) is 17.6. The van der Waals surface area contributed by atoms with Crippen LogP contribution in [0.15, 0.2) is 70.4 Å². The molecule has 0 spiro atoms. The Morgan fingerprint density at radius 2 is 1.92 bits per heavy atom. The molecule has 2 heterocycles. The highest BCUT2D eigenvalue weighted by atomic mass is 16.6. The lowest BCUT2D eigenvalue weighted by atomic mass is 10.1. The summed E-state index contributed by atoms with van der Waals surface area (Å²) in [6.07, 6.45) is 4.33. The van der Waals surface area contributed by atoms with E-state index in [0.29, 0.717) is 22.6 Å². The van der Waals surface area contributed by atoms with E-state index in [1.54, 1.807) is 42.5 Å². The minimum Gasteiger partial charge on any atom is -0.455 e. The predicted octanol–water partition coefficient (Wildman–Crippen LogP) is 3.01. The number of amides is 1. The van der Waals surface area contributed by atoms with E-state index in [2.05, 4.69) is 15.5 Å². The summed E-state index contributed by atoms with van der Waals surface area (Å²) < 4.78 is 5.53. The Morgan fingerprint density at radius 1 is 1.16 bits per heavy atom. The smallest absolute Gasteiger partial charge is 0.280 e. The van der Waals surface area contributed by atoms with Gasteiger partial charge in [-0.15, -0.1) is 0 Å². The maximum Gasteiger partial charge on any atom is 0.280 e. The van der Waals surface area contributed by atoms with E-state index in [4.69, 9.17) is 4.42 Å². The first kappa shape index (κ1) is 16.1. The first-order valence-electron chi connectivity index (χ1n) is 7.22. The number of hydrogen-bond acceptors (Lipinski definition) is 6. The third kappa shape index (κ3) is 3.75. The quantitative estimate of drug-likeness (QED) is 0.437. The summed E-state index contributed by atoms with van der Waals surface area (Å²) in [5.41, 5.74) is 3.10. The summed E-state index contributed by atoms with van der Waals surface area (Å²) in [7, 11) is 0. The Morgan fingerprint density at radius 3 is 2.68 bits per heavy atom. The van der Waals surface area contributed by atoms with Crippen LogP contribution in [0.3, 0.4) is 0 Å². The Hall–Kier alpha value is -3.81. The van der Waals surface area contributed by atoms with Crippen LogP contribution in [0.25, 0.3) is 11.3 Å². The summed E-state index contributed by atoms with van der Waals surface area (Å²) >= 11 is 0. The Balaban J connectivity index is 1.72. The second-order valence-electron chi connectivity index (χ2n) is 4.91. The number of nitro groups is 1. The summed E-state index contributed by atoms with van der Waals surface area (Å²) in [5, 5.41) is 14.9. The molecule has 0 aliphatic heterocycles. The number of para-hydroxylation sites is 1. The van der Waals surface area contributed by atoms with Gasteiger partial charge in [-0.2, -0.15) is 5.10 Å². The number of carbonyl (C=O) groups excluding carboxylic acids is 1. The maximum absolute atomic E-state index is 11.8. The van der Waals surface area contributed by atoms with Crippen LogP contribution in [0.5, 0.6) is 0 Å². The molecule has 124 valence electrons. The number of furan rings is 1. The summed E-state index contributed by atoms with van der Waals surface area (Å²) in [6, 6.07) is 12.6. The van der Waals surface area contributed by atoms with Gasteiger partial charge in [0.1, 0.15) is 11.5 Å². The molecule has 1 N–H and O–H groups in total. The van der Waals surface area contributed by atoms with Gasteiger partial charge in [0.25, 0.3) is 11.6 Å². The van der Waals surface area contributed by atoms with Gasteiger partial charge in [0.2, 0.25) is 0 Å². The summed E-state index contributed by atoms with van der Waals surface area (Å²) in [4.78, 5) is 26.2. The van der Waals surface area contributed by atoms with E-state index in [0.717, 1.165) is 0 Å². The fourth-order valence-electron chi connectivity index (χ4n) is 2.13. The molecule has 0 atom stereocenters. The molecule has 0 aliphatic rings. The minimum absolute atomic E-state index is 0.0497. The number of nitrogens with one attached hydrogen (secondary N) is 1. The molecule has 0 bridgehead atoms. The first-order valence-corrected chi connectivity index (χ1v) is 7.22. The van der Waals surface area contributed by atoms with E-state index in [9.17, 15) is 14.9 Å². The number of pyridine rings is 1. The van der Waals surface area contributed by atoms with Crippen molar-refractivity contribution in [2.75, 3.05) is 0 Å². The van der Waals surface area contributed by atoms with Gasteiger partial charge >= 0.3 is 0 Å². The van der Waals surface area contributed by atoms with Gasteiger partial charge in [-0.1, -0.05) is 12.1 Å². The molecule has 0 radical (unpaired) electrons. The molecule has 3 rings (SSSR count). The van der Waals surface area contributed by atoms with Crippen molar-refractivity contribution >= 4 is 17.8 Å². The number of hydrogen-bond donors (Lipinski definition) is 1. The Kier molecular flexibility index (Phi) is 4.61. The van der Waals surface area contributed by atoms with Crippen molar-refractivity contribution in [2.24, 2.45) is 5.10 Å². The van der Waals surface area contributed by atoms with Crippen LogP contribution in [-0.2, 0) is 0 Å². The van der Waals surface area contributed by atoms with Crippen molar-refractivity contribution in [1.82, 2.24) is 10.4 Å². The van der Waals surface area contributed by atoms with Crippen molar-refractivity contribution in [3.8, 4) is 11.3 Å². The lowest BCUT2D eigenvalue weighted by Crippen LogP contribution is -2.17. The zero-order valence-corrected chi connectivity index (χ0v) is 12.8. The van der Waals surface area contributed by atoms with Crippen LogP contribution in [0.4, 0.5) is 5.69 Å². The molecule has 0 saturated carbocycles. The van der Waals surface area contributed by atoms with Crippen molar-refractivity contribution in [1.29, 1.82) is 0 Å². The number of nitrogens with zero attached hydrogens (tertiary/aromatic N) is 3.